The van der Waals surface area contributed by atoms with Gasteiger partial charge in [-0.05, 0) is 31.1 Å². The lowest BCUT2D eigenvalue weighted by atomic mass is 9.75. The Morgan fingerprint density at radius 3 is 2.53 bits per heavy atom. The molecule has 2 rings (SSSR count). The molecule has 1 fully saturated rings. The Hall–Kier alpha value is -0.700. The maximum absolute atomic E-state index is 5.90. The number of aromatic nitrogens is 2. The van der Waals surface area contributed by atoms with Crippen LogP contribution in [0.25, 0.3) is 0 Å². The van der Waals surface area contributed by atoms with Gasteiger partial charge in [-0.15, -0.1) is 0 Å². The van der Waals surface area contributed by atoms with Crippen LogP contribution in [0.2, 0.25) is 5.02 Å². The SMILES string of the molecule is CC1(C)CCC(n2ncc(Cl)c2N)CC1. The maximum Gasteiger partial charge on any atom is 0.140 e. The molecule has 0 aliphatic heterocycles. The summed E-state index contributed by atoms with van der Waals surface area (Å²) in [6.45, 7) is 4.64. The Kier molecular flexibility index (Phi) is 2.67. The second-order valence-corrected chi connectivity index (χ2v) is 5.62. The van der Waals surface area contributed by atoms with Gasteiger partial charge in [-0.3, -0.25) is 0 Å². The number of hydrogen-bond donors (Lipinski definition) is 1. The van der Waals surface area contributed by atoms with E-state index in [0.29, 0.717) is 22.3 Å². The number of halogens is 1. The molecule has 15 heavy (non-hydrogen) atoms. The van der Waals surface area contributed by atoms with Crippen LogP contribution in [0, 0.1) is 5.41 Å². The highest BCUT2D eigenvalue weighted by Crippen LogP contribution is 2.41. The first-order valence-electron chi connectivity index (χ1n) is 5.48. The Bertz CT molecular complexity index is 347. The number of rotatable bonds is 1. The van der Waals surface area contributed by atoms with Crippen LogP contribution in [0.1, 0.15) is 45.6 Å². The van der Waals surface area contributed by atoms with E-state index in [0.717, 1.165) is 12.8 Å². The van der Waals surface area contributed by atoms with E-state index in [4.69, 9.17) is 17.3 Å². The van der Waals surface area contributed by atoms with E-state index in [2.05, 4.69) is 18.9 Å². The average molecular weight is 228 g/mol. The zero-order chi connectivity index (χ0) is 11.1. The molecule has 0 saturated heterocycles. The van der Waals surface area contributed by atoms with Crippen molar-refractivity contribution in [2.75, 3.05) is 5.73 Å². The summed E-state index contributed by atoms with van der Waals surface area (Å²) in [7, 11) is 0. The molecule has 0 bridgehead atoms. The fraction of sp³-hybridized carbons (Fsp3) is 0.727. The number of hydrogen-bond acceptors (Lipinski definition) is 2. The standard InChI is InChI=1S/C11H18ClN3/c1-11(2)5-3-8(4-6-11)15-10(13)9(12)7-14-15/h7-8H,3-6,13H2,1-2H3. The fourth-order valence-corrected chi connectivity index (χ4v) is 2.40. The topological polar surface area (TPSA) is 43.8 Å². The zero-order valence-electron chi connectivity index (χ0n) is 9.33. The predicted molar refractivity (Wildman–Crippen MR) is 62.9 cm³/mol. The van der Waals surface area contributed by atoms with Gasteiger partial charge in [0, 0.05) is 0 Å². The van der Waals surface area contributed by atoms with Gasteiger partial charge < -0.3 is 5.73 Å². The van der Waals surface area contributed by atoms with Gasteiger partial charge in [0.2, 0.25) is 0 Å². The molecule has 1 aromatic rings. The summed E-state index contributed by atoms with van der Waals surface area (Å²) in [5.74, 6) is 0.612. The van der Waals surface area contributed by atoms with Crippen molar-refractivity contribution in [3.63, 3.8) is 0 Å². The summed E-state index contributed by atoms with van der Waals surface area (Å²) < 4.78 is 1.89. The molecule has 1 aliphatic rings. The Labute approximate surface area is 95.6 Å². The molecular weight excluding hydrogens is 210 g/mol. The minimum atomic E-state index is 0.436. The van der Waals surface area contributed by atoms with Crippen molar-refractivity contribution < 1.29 is 0 Å². The van der Waals surface area contributed by atoms with Crippen LogP contribution < -0.4 is 5.73 Å². The highest BCUT2D eigenvalue weighted by molar-refractivity contribution is 6.32. The minimum absolute atomic E-state index is 0.436. The molecule has 3 nitrogen and oxygen atoms in total. The molecule has 4 heteroatoms. The van der Waals surface area contributed by atoms with Crippen molar-refractivity contribution >= 4 is 17.4 Å². The van der Waals surface area contributed by atoms with Gasteiger partial charge in [-0.2, -0.15) is 5.10 Å². The molecule has 0 aromatic carbocycles. The van der Waals surface area contributed by atoms with Gasteiger partial charge in [0.05, 0.1) is 12.2 Å². The molecule has 0 spiro atoms. The molecule has 2 N–H and O–H groups in total. The van der Waals surface area contributed by atoms with Gasteiger partial charge in [0.25, 0.3) is 0 Å². The van der Waals surface area contributed by atoms with Crippen LogP contribution in [0.5, 0.6) is 0 Å². The lowest BCUT2D eigenvalue weighted by Crippen LogP contribution is -2.24. The van der Waals surface area contributed by atoms with E-state index in [-0.39, 0.29) is 0 Å². The molecule has 0 unspecified atom stereocenters. The quantitative estimate of drug-likeness (QED) is 0.801. The summed E-state index contributed by atoms with van der Waals surface area (Å²) in [6, 6.07) is 0.436. The third-order valence-electron chi connectivity index (χ3n) is 3.44. The molecule has 1 heterocycles. The van der Waals surface area contributed by atoms with Gasteiger partial charge >= 0.3 is 0 Å². The number of anilines is 1. The van der Waals surface area contributed by atoms with Gasteiger partial charge in [0.1, 0.15) is 10.8 Å². The van der Waals surface area contributed by atoms with Crippen LogP contribution >= 0.6 is 11.6 Å². The van der Waals surface area contributed by atoms with Crippen molar-refractivity contribution in [2.24, 2.45) is 5.41 Å². The molecule has 0 atom stereocenters. The van der Waals surface area contributed by atoms with Crippen LogP contribution in [0.4, 0.5) is 5.82 Å². The van der Waals surface area contributed by atoms with Gasteiger partial charge in [-0.1, -0.05) is 25.4 Å². The van der Waals surface area contributed by atoms with Crippen LogP contribution in [-0.4, -0.2) is 9.78 Å². The average Bonchev–Trinajstić information content (AvgIpc) is 2.49. The van der Waals surface area contributed by atoms with E-state index in [9.17, 15) is 0 Å². The van der Waals surface area contributed by atoms with Gasteiger partial charge in [-0.25, -0.2) is 4.68 Å². The third kappa shape index (κ3) is 2.12. The van der Waals surface area contributed by atoms with E-state index in [1.165, 1.54) is 12.8 Å². The molecular formula is C11H18ClN3. The minimum Gasteiger partial charge on any atom is -0.383 e. The molecule has 0 amide bonds. The zero-order valence-corrected chi connectivity index (χ0v) is 10.1. The maximum atomic E-state index is 5.90. The lowest BCUT2D eigenvalue weighted by molar-refractivity contribution is 0.187. The monoisotopic (exact) mass is 227 g/mol. The Morgan fingerprint density at radius 2 is 2.07 bits per heavy atom. The molecule has 84 valence electrons. The third-order valence-corrected chi connectivity index (χ3v) is 3.73. The summed E-state index contributed by atoms with van der Waals surface area (Å²) >= 11 is 5.90. The Morgan fingerprint density at radius 1 is 1.47 bits per heavy atom. The van der Waals surface area contributed by atoms with Crippen molar-refractivity contribution in [1.29, 1.82) is 0 Å². The predicted octanol–water partition coefficient (Wildman–Crippen LogP) is 3.26. The van der Waals surface area contributed by atoms with Crippen molar-refractivity contribution in [2.45, 2.75) is 45.6 Å². The van der Waals surface area contributed by atoms with Crippen molar-refractivity contribution in [3.8, 4) is 0 Å². The van der Waals surface area contributed by atoms with Crippen molar-refractivity contribution in [1.82, 2.24) is 9.78 Å². The number of nitrogens with zero attached hydrogens (tertiary/aromatic N) is 2. The smallest absolute Gasteiger partial charge is 0.140 e. The first-order valence-corrected chi connectivity index (χ1v) is 5.86. The second-order valence-electron chi connectivity index (χ2n) is 5.22. The number of nitrogen functional groups attached to an aromatic ring is 1. The second kappa shape index (κ2) is 3.71. The first-order chi connectivity index (χ1) is 6.99. The molecule has 1 aliphatic carbocycles. The largest absolute Gasteiger partial charge is 0.383 e. The normalized spacial score (nSPS) is 21.8. The van der Waals surface area contributed by atoms with E-state index in [1.807, 2.05) is 4.68 Å². The summed E-state index contributed by atoms with van der Waals surface area (Å²) in [6.07, 6.45) is 6.39. The lowest BCUT2D eigenvalue weighted by Gasteiger charge is -2.34. The van der Waals surface area contributed by atoms with E-state index >= 15 is 0 Å². The van der Waals surface area contributed by atoms with Crippen LogP contribution in [-0.2, 0) is 0 Å². The van der Waals surface area contributed by atoms with Crippen molar-refractivity contribution in [3.05, 3.63) is 11.2 Å². The summed E-state index contributed by atoms with van der Waals surface area (Å²) in [4.78, 5) is 0. The molecule has 1 aromatic heterocycles. The highest BCUT2D eigenvalue weighted by Gasteiger charge is 2.28. The summed E-state index contributed by atoms with van der Waals surface area (Å²) in [5, 5.41) is 4.82. The van der Waals surface area contributed by atoms with Gasteiger partial charge in [0.15, 0.2) is 0 Å². The fourth-order valence-electron chi connectivity index (χ4n) is 2.27. The van der Waals surface area contributed by atoms with Crippen LogP contribution in [0.15, 0.2) is 6.20 Å². The Balaban J connectivity index is 2.11. The summed E-state index contributed by atoms with van der Waals surface area (Å²) in [5.41, 5.74) is 6.34. The van der Waals surface area contributed by atoms with Crippen LogP contribution in [0.3, 0.4) is 0 Å². The van der Waals surface area contributed by atoms with E-state index < -0.39 is 0 Å². The number of nitrogens with two attached hydrogens (primary N) is 1. The first kappa shape index (κ1) is 10.8. The molecule has 1 saturated carbocycles. The van der Waals surface area contributed by atoms with E-state index in [1.54, 1.807) is 6.20 Å². The molecule has 0 radical (unpaired) electrons. The highest BCUT2D eigenvalue weighted by atomic mass is 35.5.